The zero-order chi connectivity index (χ0) is 15.0. The van der Waals surface area contributed by atoms with E-state index < -0.39 is 5.60 Å². The van der Waals surface area contributed by atoms with Gasteiger partial charge in [-0.15, -0.1) is 0 Å². The third-order valence-electron chi connectivity index (χ3n) is 5.32. The third-order valence-corrected chi connectivity index (χ3v) is 5.32. The van der Waals surface area contributed by atoms with E-state index in [0.29, 0.717) is 5.92 Å². The molecule has 1 saturated heterocycles. The van der Waals surface area contributed by atoms with Crippen molar-refractivity contribution in [1.82, 2.24) is 15.1 Å². The first kappa shape index (κ1) is 14.0. The Bertz CT molecular complexity index is 622. The summed E-state index contributed by atoms with van der Waals surface area (Å²) in [7, 11) is 0. The molecule has 3 heterocycles. The highest BCUT2D eigenvalue weighted by Gasteiger charge is 2.42. The number of hydrogen-bond acceptors (Lipinski definition) is 4. The maximum atomic E-state index is 10.7. The van der Waals surface area contributed by atoms with E-state index >= 15 is 0 Å². The molecule has 0 unspecified atom stereocenters. The molecule has 1 aliphatic carbocycles. The minimum absolute atomic E-state index is 0.404. The molecule has 22 heavy (non-hydrogen) atoms. The molecule has 2 aromatic rings. The highest BCUT2D eigenvalue weighted by molar-refractivity contribution is 5.51. The second-order valence-electron chi connectivity index (χ2n) is 6.77. The van der Waals surface area contributed by atoms with Gasteiger partial charge in [-0.2, -0.15) is 5.10 Å². The van der Waals surface area contributed by atoms with Crippen molar-refractivity contribution >= 4 is 0 Å². The normalized spacial score (nSPS) is 29.4. The number of rotatable bonds is 3. The average molecular weight is 301 g/mol. The maximum Gasteiger partial charge on any atom is 0.152 e. The van der Waals surface area contributed by atoms with Gasteiger partial charge in [0, 0.05) is 25.2 Å². The van der Waals surface area contributed by atoms with Gasteiger partial charge in [-0.1, -0.05) is 12.8 Å². The third kappa shape index (κ3) is 2.59. The van der Waals surface area contributed by atoms with Gasteiger partial charge in [-0.05, 0) is 37.5 Å². The van der Waals surface area contributed by atoms with E-state index in [9.17, 15) is 5.11 Å². The molecule has 2 N–H and O–H groups in total. The zero-order valence-corrected chi connectivity index (χ0v) is 12.8. The van der Waals surface area contributed by atoms with Crippen LogP contribution in [0.1, 0.15) is 37.9 Å². The number of nitrogens with one attached hydrogen (secondary N) is 1. The standard InChI is InChI=1S/C17H23N3O2/c21-17-7-2-1-3-13(17)11-20(10-8-17)12-14-4-5-16(22-14)15-6-9-18-19-15/h4-6,9,13,21H,1-3,7-8,10-12H2,(H,18,19)/t13-,17-/m0/s1. The van der Waals surface area contributed by atoms with Crippen molar-refractivity contribution in [3.05, 3.63) is 30.2 Å². The smallest absolute Gasteiger partial charge is 0.152 e. The maximum absolute atomic E-state index is 10.7. The summed E-state index contributed by atoms with van der Waals surface area (Å²) in [6.45, 7) is 2.75. The van der Waals surface area contributed by atoms with Crippen LogP contribution in [0.25, 0.3) is 11.5 Å². The number of furan rings is 1. The number of piperidine rings is 1. The molecule has 118 valence electrons. The van der Waals surface area contributed by atoms with Crippen LogP contribution in [0.5, 0.6) is 0 Å². The lowest BCUT2D eigenvalue weighted by Crippen LogP contribution is -2.52. The lowest BCUT2D eigenvalue weighted by molar-refractivity contribution is -0.0975. The molecular weight excluding hydrogens is 278 g/mol. The van der Waals surface area contributed by atoms with E-state index in [1.165, 1.54) is 12.8 Å². The highest BCUT2D eigenvalue weighted by Crippen LogP contribution is 2.40. The largest absolute Gasteiger partial charge is 0.458 e. The van der Waals surface area contributed by atoms with Crippen LogP contribution >= 0.6 is 0 Å². The van der Waals surface area contributed by atoms with Crippen molar-refractivity contribution in [2.45, 2.75) is 44.2 Å². The molecule has 2 atom stereocenters. The molecule has 0 radical (unpaired) electrons. The number of nitrogens with zero attached hydrogens (tertiary/aromatic N) is 2. The van der Waals surface area contributed by atoms with Gasteiger partial charge in [0.05, 0.1) is 12.1 Å². The zero-order valence-electron chi connectivity index (χ0n) is 12.8. The second kappa shape index (κ2) is 5.56. The quantitative estimate of drug-likeness (QED) is 0.915. The fourth-order valence-electron chi connectivity index (χ4n) is 4.00. The minimum Gasteiger partial charge on any atom is -0.458 e. The van der Waals surface area contributed by atoms with Crippen molar-refractivity contribution in [3.8, 4) is 11.5 Å². The summed E-state index contributed by atoms with van der Waals surface area (Å²) in [4.78, 5) is 2.42. The summed E-state index contributed by atoms with van der Waals surface area (Å²) >= 11 is 0. The Morgan fingerprint density at radius 3 is 3.14 bits per heavy atom. The molecule has 4 rings (SSSR count). The van der Waals surface area contributed by atoms with Gasteiger partial charge < -0.3 is 9.52 Å². The van der Waals surface area contributed by atoms with Crippen LogP contribution in [0.3, 0.4) is 0 Å². The molecule has 0 aromatic carbocycles. The first-order chi connectivity index (χ1) is 10.7. The van der Waals surface area contributed by atoms with Gasteiger partial charge in [-0.25, -0.2) is 0 Å². The van der Waals surface area contributed by atoms with E-state index in [2.05, 4.69) is 15.1 Å². The summed E-state index contributed by atoms with van der Waals surface area (Å²) in [6, 6.07) is 5.94. The number of aromatic amines is 1. The summed E-state index contributed by atoms with van der Waals surface area (Å²) in [6.07, 6.45) is 7.20. The lowest BCUT2D eigenvalue weighted by atomic mass is 9.71. The number of aromatic nitrogens is 2. The fourth-order valence-corrected chi connectivity index (χ4v) is 4.00. The number of hydrogen-bond donors (Lipinski definition) is 2. The Hall–Kier alpha value is -1.59. The van der Waals surface area contributed by atoms with Crippen molar-refractivity contribution in [2.75, 3.05) is 13.1 Å². The van der Waals surface area contributed by atoms with Gasteiger partial charge >= 0.3 is 0 Å². The van der Waals surface area contributed by atoms with Gasteiger partial charge in [0.1, 0.15) is 11.5 Å². The van der Waals surface area contributed by atoms with Crippen molar-refractivity contribution in [1.29, 1.82) is 0 Å². The lowest BCUT2D eigenvalue weighted by Gasteiger charge is -2.47. The Morgan fingerprint density at radius 2 is 2.27 bits per heavy atom. The molecule has 5 nitrogen and oxygen atoms in total. The van der Waals surface area contributed by atoms with Gasteiger partial charge in [0.25, 0.3) is 0 Å². The number of likely N-dealkylation sites (tertiary alicyclic amines) is 1. The van der Waals surface area contributed by atoms with E-state index in [1.807, 2.05) is 18.2 Å². The Kier molecular flexibility index (Phi) is 3.54. The molecule has 2 aromatic heterocycles. The number of fused-ring (bicyclic) bond motifs is 1. The van der Waals surface area contributed by atoms with E-state index in [0.717, 1.165) is 56.1 Å². The van der Waals surface area contributed by atoms with E-state index in [4.69, 9.17) is 4.42 Å². The van der Waals surface area contributed by atoms with E-state index in [-0.39, 0.29) is 0 Å². The minimum atomic E-state index is -0.404. The fraction of sp³-hybridized carbons (Fsp3) is 0.588. The molecule has 0 amide bonds. The SMILES string of the molecule is O[C@]12CCCC[C@H]1CN(Cc1ccc(-c3ccn[nH]3)o1)CC2. The highest BCUT2D eigenvalue weighted by atomic mass is 16.3. The van der Waals surface area contributed by atoms with Crippen LogP contribution in [-0.2, 0) is 6.54 Å². The summed E-state index contributed by atoms with van der Waals surface area (Å²) in [5.41, 5.74) is 0.505. The first-order valence-corrected chi connectivity index (χ1v) is 8.26. The summed E-state index contributed by atoms with van der Waals surface area (Å²) in [5.74, 6) is 2.24. The molecule has 0 bridgehead atoms. The van der Waals surface area contributed by atoms with E-state index in [1.54, 1.807) is 6.20 Å². The van der Waals surface area contributed by atoms with Crippen molar-refractivity contribution < 1.29 is 9.52 Å². The van der Waals surface area contributed by atoms with Gasteiger partial charge in [-0.3, -0.25) is 10.00 Å². The number of aliphatic hydroxyl groups is 1. The molecule has 5 heteroatoms. The van der Waals surface area contributed by atoms with Crippen LogP contribution in [0.4, 0.5) is 0 Å². The van der Waals surface area contributed by atoms with Crippen LogP contribution in [0.15, 0.2) is 28.8 Å². The Morgan fingerprint density at radius 1 is 1.32 bits per heavy atom. The van der Waals surface area contributed by atoms with Crippen LogP contribution < -0.4 is 0 Å². The van der Waals surface area contributed by atoms with Gasteiger partial charge in [0.2, 0.25) is 0 Å². The van der Waals surface area contributed by atoms with Gasteiger partial charge in [0.15, 0.2) is 5.76 Å². The second-order valence-corrected chi connectivity index (χ2v) is 6.77. The monoisotopic (exact) mass is 301 g/mol. The topological polar surface area (TPSA) is 65.3 Å². The predicted octanol–water partition coefficient (Wildman–Crippen LogP) is 2.80. The van der Waals surface area contributed by atoms with Crippen LogP contribution in [0.2, 0.25) is 0 Å². The van der Waals surface area contributed by atoms with Crippen molar-refractivity contribution in [3.63, 3.8) is 0 Å². The Balaban J connectivity index is 1.42. The molecule has 0 spiro atoms. The first-order valence-electron chi connectivity index (χ1n) is 8.26. The Labute approximate surface area is 130 Å². The summed E-state index contributed by atoms with van der Waals surface area (Å²) in [5, 5.41) is 17.6. The predicted molar refractivity (Wildman–Crippen MR) is 83.1 cm³/mol. The van der Waals surface area contributed by atoms with Crippen molar-refractivity contribution in [2.24, 2.45) is 5.92 Å². The molecule has 2 aliphatic rings. The molecule has 1 aliphatic heterocycles. The summed E-state index contributed by atoms with van der Waals surface area (Å²) < 4.78 is 5.92. The molecular formula is C17H23N3O2. The van der Waals surface area contributed by atoms with Crippen LogP contribution in [0, 0.1) is 5.92 Å². The average Bonchev–Trinajstić information content (AvgIpc) is 3.18. The molecule has 2 fully saturated rings. The number of H-pyrrole nitrogens is 1. The van der Waals surface area contributed by atoms with Crippen LogP contribution in [-0.4, -0.2) is 38.9 Å². The molecule has 1 saturated carbocycles.